The van der Waals surface area contributed by atoms with Crippen molar-refractivity contribution in [1.82, 2.24) is 25.4 Å². The molecule has 1 heterocycles. The van der Waals surface area contributed by atoms with Crippen LogP contribution in [-0.4, -0.2) is 20.8 Å². The van der Waals surface area contributed by atoms with Crippen molar-refractivity contribution in [2.24, 2.45) is 0 Å². The highest BCUT2D eigenvalue weighted by molar-refractivity contribution is 5.74. The summed E-state index contributed by atoms with van der Waals surface area (Å²) in [4.78, 5) is 16.4. The van der Waals surface area contributed by atoms with Crippen LogP contribution in [0, 0.1) is 5.82 Å². The molecule has 7 heteroatoms. The summed E-state index contributed by atoms with van der Waals surface area (Å²) in [5.74, 6) is 0.465. The Morgan fingerprint density at radius 3 is 2.96 bits per heavy atom. The Balaban J connectivity index is 1.59. The van der Waals surface area contributed by atoms with Gasteiger partial charge >= 0.3 is 6.03 Å². The second kappa shape index (κ2) is 6.22. The number of amides is 2. The van der Waals surface area contributed by atoms with Crippen LogP contribution < -0.4 is 10.6 Å². The monoisotopic (exact) mass is 331 g/mol. The summed E-state index contributed by atoms with van der Waals surface area (Å²) in [6.07, 6.45) is 3.04. The van der Waals surface area contributed by atoms with Gasteiger partial charge in [-0.15, -0.1) is 0 Å². The molecule has 24 heavy (non-hydrogen) atoms. The number of rotatable bonds is 3. The van der Waals surface area contributed by atoms with Gasteiger partial charge in [0, 0.05) is 0 Å². The Labute approximate surface area is 140 Å². The Kier molecular flexibility index (Phi) is 4.26. The van der Waals surface area contributed by atoms with Crippen LogP contribution in [0.15, 0.2) is 24.5 Å². The van der Waals surface area contributed by atoms with Gasteiger partial charge in [-0.25, -0.2) is 18.9 Å². The Bertz CT molecular complexity index is 750. The molecule has 1 aromatic heterocycles. The highest BCUT2D eigenvalue weighted by Crippen LogP contribution is 2.31. The first-order chi connectivity index (χ1) is 11.3. The second-order valence-corrected chi connectivity index (χ2v) is 7.02. The molecule has 1 aliphatic carbocycles. The number of aromatic nitrogens is 3. The van der Waals surface area contributed by atoms with Gasteiger partial charge < -0.3 is 10.6 Å². The van der Waals surface area contributed by atoms with E-state index in [1.807, 2.05) is 20.8 Å². The minimum Gasteiger partial charge on any atom is -0.331 e. The molecule has 128 valence electrons. The third-order valence-corrected chi connectivity index (χ3v) is 4.15. The molecule has 2 N–H and O–H groups in total. The number of carbonyl (C=O) groups excluding carboxylic acids is 1. The summed E-state index contributed by atoms with van der Waals surface area (Å²) in [5, 5.41) is 9.97. The lowest BCUT2D eigenvalue weighted by molar-refractivity contribution is 0.235. The SMILES string of the molecule is CC(C)(C)n1ncnc1CNC(=O)NC1CCc2cc(F)ccc21. The smallest absolute Gasteiger partial charge is 0.315 e. The number of nitrogens with one attached hydrogen (secondary N) is 2. The summed E-state index contributed by atoms with van der Waals surface area (Å²) in [5.41, 5.74) is 1.76. The van der Waals surface area contributed by atoms with Gasteiger partial charge in [-0.2, -0.15) is 5.10 Å². The van der Waals surface area contributed by atoms with Crippen molar-refractivity contribution in [3.8, 4) is 0 Å². The molecular weight excluding hydrogens is 309 g/mol. The number of nitrogens with zero attached hydrogens (tertiary/aromatic N) is 3. The topological polar surface area (TPSA) is 71.8 Å². The number of halogens is 1. The van der Waals surface area contributed by atoms with Gasteiger partial charge in [-0.3, -0.25) is 0 Å². The third-order valence-electron chi connectivity index (χ3n) is 4.15. The Hall–Kier alpha value is -2.44. The van der Waals surface area contributed by atoms with Crippen LogP contribution in [0.4, 0.5) is 9.18 Å². The van der Waals surface area contributed by atoms with E-state index in [0.717, 1.165) is 24.0 Å². The average Bonchev–Trinajstić information content (AvgIpc) is 3.11. The van der Waals surface area contributed by atoms with E-state index >= 15 is 0 Å². The molecule has 1 aliphatic rings. The van der Waals surface area contributed by atoms with E-state index in [-0.39, 0.29) is 23.4 Å². The van der Waals surface area contributed by atoms with Crippen molar-refractivity contribution in [1.29, 1.82) is 0 Å². The van der Waals surface area contributed by atoms with Crippen molar-refractivity contribution in [2.45, 2.75) is 51.7 Å². The van der Waals surface area contributed by atoms with Crippen LogP contribution in [0.1, 0.15) is 50.2 Å². The highest BCUT2D eigenvalue weighted by atomic mass is 19.1. The van der Waals surface area contributed by atoms with Gasteiger partial charge in [-0.1, -0.05) is 6.07 Å². The van der Waals surface area contributed by atoms with Crippen molar-refractivity contribution in [3.05, 3.63) is 47.3 Å². The largest absolute Gasteiger partial charge is 0.331 e. The van der Waals surface area contributed by atoms with Crippen molar-refractivity contribution >= 4 is 6.03 Å². The maximum absolute atomic E-state index is 13.2. The molecule has 2 amide bonds. The minimum atomic E-state index is -0.263. The zero-order chi connectivity index (χ0) is 17.3. The predicted molar refractivity (Wildman–Crippen MR) is 87.9 cm³/mol. The summed E-state index contributed by atoms with van der Waals surface area (Å²) < 4.78 is 15.0. The molecule has 0 radical (unpaired) electrons. The molecule has 1 unspecified atom stereocenters. The molecule has 6 nitrogen and oxygen atoms in total. The summed E-state index contributed by atoms with van der Waals surface area (Å²) in [6.45, 7) is 6.38. The summed E-state index contributed by atoms with van der Waals surface area (Å²) >= 11 is 0. The number of urea groups is 1. The van der Waals surface area contributed by atoms with E-state index in [1.54, 1.807) is 16.8 Å². The molecule has 0 saturated heterocycles. The highest BCUT2D eigenvalue weighted by Gasteiger charge is 2.24. The van der Waals surface area contributed by atoms with Crippen molar-refractivity contribution in [3.63, 3.8) is 0 Å². The van der Waals surface area contributed by atoms with Crippen LogP contribution in [-0.2, 0) is 18.5 Å². The molecule has 0 spiro atoms. The normalized spacial score (nSPS) is 16.8. The number of hydrogen-bond acceptors (Lipinski definition) is 3. The molecule has 0 bridgehead atoms. The molecule has 3 rings (SSSR count). The number of aryl methyl sites for hydroxylation is 1. The molecule has 0 aliphatic heterocycles. The van der Waals surface area contributed by atoms with Gasteiger partial charge in [0.1, 0.15) is 18.0 Å². The lowest BCUT2D eigenvalue weighted by Gasteiger charge is -2.21. The Morgan fingerprint density at radius 1 is 1.42 bits per heavy atom. The Morgan fingerprint density at radius 2 is 2.21 bits per heavy atom. The first kappa shape index (κ1) is 16.4. The van der Waals surface area contributed by atoms with Gasteiger partial charge in [-0.05, 0) is 56.9 Å². The maximum atomic E-state index is 13.2. The quantitative estimate of drug-likeness (QED) is 0.908. The van der Waals surface area contributed by atoms with Crippen LogP contribution in [0.25, 0.3) is 0 Å². The number of benzene rings is 1. The zero-order valence-electron chi connectivity index (χ0n) is 14.1. The van der Waals surface area contributed by atoms with Crippen LogP contribution in [0.2, 0.25) is 0 Å². The lowest BCUT2D eigenvalue weighted by atomic mass is 10.1. The van der Waals surface area contributed by atoms with Gasteiger partial charge in [0.25, 0.3) is 0 Å². The number of hydrogen-bond donors (Lipinski definition) is 2. The average molecular weight is 331 g/mol. The lowest BCUT2D eigenvalue weighted by Crippen LogP contribution is -2.38. The maximum Gasteiger partial charge on any atom is 0.315 e. The van der Waals surface area contributed by atoms with Crippen LogP contribution in [0.5, 0.6) is 0 Å². The van der Waals surface area contributed by atoms with E-state index in [9.17, 15) is 9.18 Å². The minimum absolute atomic E-state index is 0.0823. The van der Waals surface area contributed by atoms with Gasteiger partial charge in [0.2, 0.25) is 0 Å². The molecule has 0 saturated carbocycles. The van der Waals surface area contributed by atoms with E-state index in [2.05, 4.69) is 20.7 Å². The van der Waals surface area contributed by atoms with Gasteiger partial charge in [0.05, 0.1) is 18.1 Å². The molecule has 0 fully saturated rings. The molecule has 2 aromatic rings. The molecule has 1 aromatic carbocycles. The van der Waals surface area contributed by atoms with E-state index in [4.69, 9.17) is 0 Å². The van der Waals surface area contributed by atoms with Gasteiger partial charge in [0.15, 0.2) is 0 Å². The van der Waals surface area contributed by atoms with Crippen molar-refractivity contribution < 1.29 is 9.18 Å². The summed E-state index contributed by atoms with van der Waals surface area (Å²) in [7, 11) is 0. The fourth-order valence-corrected chi connectivity index (χ4v) is 3.05. The second-order valence-electron chi connectivity index (χ2n) is 7.02. The van der Waals surface area contributed by atoms with Crippen LogP contribution >= 0.6 is 0 Å². The van der Waals surface area contributed by atoms with E-state index in [1.165, 1.54) is 12.4 Å². The zero-order valence-corrected chi connectivity index (χ0v) is 14.1. The van der Waals surface area contributed by atoms with Crippen LogP contribution in [0.3, 0.4) is 0 Å². The van der Waals surface area contributed by atoms with E-state index < -0.39 is 0 Å². The molecule has 1 atom stereocenters. The summed E-state index contributed by atoms with van der Waals surface area (Å²) in [6, 6.07) is 4.38. The first-order valence-corrected chi connectivity index (χ1v) is 8.06. The number of fused-ring (bicyclic) bond motifs is 1. The predicted octanol–water partition coefficient (Wildman–Crippen LogP) is 2.66. The fourth-order valence-electron chi connectivity index (χ4n) is 3.05. The van der Waals surface area contributed by atoms with Crippen molar-refractivity contribution in [2.75, 3.05) is 0 Å². The third kappa shape index (κ3) is 3.39. The van der Waals surface area contributed by atoms with E-state index in [0.29, 0.717) is 12.4 Å². The molecular formula is C17H22FN5O. The first-order valence-electron chi connectivity index (χ1n) is 8.06. The number of carbonyl (C=O) groups is 1. The standard InChI is InChI=1S/C17H22FN5O/c1-17(2,3)23-15(20-10-21-23)9-19-16(24)22-14-7-4-11-8-12(18)5-6-13(11)14/h5-6,8,10,14H,4,7,9H2,1-3H3,(H2,19,22,24). The fraction of sp³-hybridized carbons (Fsp3) is 0.471.